The molecule has 1 unspecified atom stereocenters. The molecule has 136 valence electrons. The van der Waals surface area contributed by atoms with E-state index < -0.39 is 10.2 Å². The maximum Gasteiger partial charge on any atom is 0.277 e. The van der Waals surface area contributed by atoms with Crippen molar-refractivity contribution < 1.29 is 17.9 Å². The van der Waals surface area contributed by atoms with Crippen LogP contribution < -0.4 is 14.2 Å². The van der Waals surface area contributed by atoms with Gasteiger partial charge in [-0.25, -0.2) is 4.72 Å². The first kappa shape index (κ1) is 19.1. The highest BCUT2D eigenvalue weighted by Gasteiger charge is 2.26. The molecule has 0 saturated carbocycles. The second-order valence-corrected chi connectivity index (χ2v) is 7.56. The lowest BCUT2D eigenvalue weighted by molar-refractivity contribution is 0.0167. The normalized spacial score (nSPS) is 17.8. The number of hydrogen-bond donors (Lipinski definition) is 2. The summed E-state index contributed by atoms with van der Waals surface area (Å²) < 4.78 is 40.3. The number of nitrogens with zero attached hydrogens (tertiary/aromatic N) is 1. The minimum absolute atomic E-state index is 0.117. The Morgan fingerprint density at radius 3 is 2.54 bits per heavy atom. The third kappa shape index (κ3) is 5.42. The van der Waals surface area contributed by atoms with Crippen LogP contribution in [-0.4, -0.2) is 59.3 Å². The number of methoxy groups -OCH3 is 1. The van der Waals surface area contributed by atoms with E-state index in [1.54, 1.807) is 21.0 Å². The van der Waals surface area contributed by atoms with Crippen LogP contribution in [0.4, 0.5) is 0 Å². The molecule has 0 aromatic heterocycles. The van der Waals surface area contributed by atoms with Crippen LogP contribution in [-0.2, 0) is 14.9 Å². The van der Waals surface area contributed by atoms with E-state index in [0.29, 0.717) is 13.2 Å². The van der Waals surface area contributed by atoms with Crippen LogP contribution in [0, 0.1) is 0 Å². The first-order valence-electron chi connectivity index (χ1n) is 8.14. The van der Waals surface area contributed by atoms with E-state index in [2.05, 4.69) is 14.3 Å². The predicted octanol–water partition coefficient (Wildman–Crippen LogP) is 0.901. The van der Waals surface area contributed by atoms with Crippen molar-refractivity contribution in [2.45, 2.75) is 25.9 Å². The van der Waals surface area contributed by atoms with Crippen molar-refractivity contribution in [1.82, 2.24) is 14.3 Å². The summed E-state index contributed by atoms with van der Waals surface area (Å²) in [5, 5.41) is 0. The molecule has 1 aliphatic heterocycles. The molecule has 24 heavy (non-hydrogen) atoms. The maximum atomic E-state index is 12.1. The Hall–Kier alpha value is -1.19. The van der Waals surface area contributed by atoms with Crippen molar-refractivity contribution in [3.05, 3.63) is 29.8 Å². The molecule has 1 saturated heterocycles. The lowest BCUT2D eigenvalue weighted by atomic mass is 10.0. The zero-order chi connectivity index (χ0) is 17.6. The number of para-hydroxylation sites is 1. The van der Waals surface area contributed by atoms with Crippen molar-refractivity contribution in [2.24, 2.45) is 0 Å². The maximum absolute atomic E-state index is 12.1. The molecule has 1 aromatic carbocycles. The molecule has 8 heteroatoms. The average molecular weight is 357 g/mol. The van der Waals surface area contributed by atoms with Gasteiger partial charge in [-0.3, -0.25) is 4.90 Å². The predicted molar refractivity (Wildman–Crippen MR) is 93.3 cm³/mol. The van der Waals surface area contributed by atoms with Gasteiger partial charge in [0, 0.05) is 31.2 Å². The molecule has 0 aliphatic carbocycles. The quantitative estimate of drug-likeness (QED) is 0.723. The smallest absolute Gasteiger partial charge is 0.277 e. The number of nitrogens with one attached hydrogen (secondary N) is 2. The molecule has 7 nitrogen and oxygen atoms in total. The number of hydrogen-bond acceptors (Lipinski definition) is 5. The van der Waals surface area contributed by atoms with Crippen LogP contribution in [0.1, 0.15) is 25.5 Å². The van der Waals surface area contributed by atoms with E-state index in [9.17, 15) is 8.42 Å². The van der Waals surface area contributed by atoms with Crippen LogP contribution in [0.3, 0.4) is 0 Å². The van der Waals surface area contributed by atoms with Gasteiger partial charge >= 0.3 is 0 Å². The molecule has 2 rings (SSSR count). The molecule has 1 aromatic rings. The van der Waals surface area contributed by atoms with E-state index in [0.717, 1.165) is 24.4 Å². The van der Waals surface area contributed by atoms with Crippen LogP contribution in [0.25, 0.3) is 0 Å². The van der Waals surface area contributed by atoms with Crippen LogP contribution in [0.15, 0.2) is 24.3 Å². The molecule has 1 heterocycles. The van der Waals surface area contributed by atoms with Gasteiger partial charge in [0.25, 0.3) is 10.2 Å². The van der Waals surface area contributed by atoms with E-state index in [-0.39, 0.29) is 18.6 Å². The Kier molecular flexibility index (Phi) is 7.00. The molecular formula is C16H27N3O4S. The number of morpholine rings is 1. The van der Waals surface area contributed by atoms with Crippen molar-refractivity contribution in [2.75, 3.05) is 40.0 Å². The standard InChI is InChI=1S/C16H27N3O4S/c1-13(2)18-24(20,21)17-12-15(19-8-10-23-11-9-19)14-6-4-5-7-16(14)22-3/h4-7,13,15,17-18H,8-12H2,1-3H3. The van der Waals surface area contributed by atoms with Crippen molar-refractivity contribution in [3.63, 3.8) is 0 Å². The van der Waals surface area contributed by atoms with Gasteiger partial charge in [0.15, 0.2) is 0 Å². The molecule has 0 bridgehead atoms. The molecule has 0 spiro atoms. The largest absolute Gasteiger partial charge is 0.496 e. The first-order chi connectivity index (χ1) is 11.4. The van der Waals surface area contributed by atoms with Gasteiger partial charge in [-0.1, -0.05) is 18.2 Å². The van der Waals surface area contributed by atoms with E-state index in [1.165, 1.54) is 0 Å². The SMILES string of the molecule is COc1ccccc1C(CNS(=O)(=O)NC(C)C)N1CCOCC1. The number of rotatable bonds is 8. The van der Waals surface area contributed by atoms with E-state index in [4.69, 9.17) is 9.47 Å². The van der Waals surface area contributed by atoms with Crippen LogP contribution >= 0.6 is 0 Å². The van der Waals surface area contributed by atoms with Gasteiger partial charge < -0.3 is 9.47 Å². The van der Waals surface area contributed by atoms with Crippen molar-refractivity contribution in [3.8, 4) is 5.75 Å². The van der Waals surface area contributed by atoms with E-state index >= 15 is 0 Å². The topological polar surface area (TPSA) is 79.9 Å². The number of benzene rings is 1. The Balaban J connectivity index is 2.20. The highest BCUT2D eigenvalue weighted by Crippen LogP contribution is 2.29. The van der Waals surface area contributed by atoms with Gasteiger partial charge in [-0.05, 0) is 19.9 Å². The van der Waals surface area contributed by atoms with Gasteiger partial charge in [-0.2, -0.15) is 13.1 Å². The highest BCUT2D eigenvalue weighted by atomic mass is 32.2. The highest BCUT2D eigenvalue weighted by molar-refractivity contribution is 7.87. The molecule has 0 amide bonds. The summed E-state index contributed by atoms with van der Waals surface area (Å²) in [6, 6.07) is 7.44. The zero-order valence-corrected chi connectivity index (χ0v) is 15.3. The zero-order valence-electron chi connectivity index (χ0n) is 14.5. The van der Waals surface area contributed by atoms with Gasteiger partial charge in [0.1, 0.15) is 5.75 Å². The lowest BCUT2D eigenvalue weighted by Crippen LogP contribution is -2.47. The Labute approximate surface area is 144 Å². The summed E-state index contributed by atoms with van der Waals surface area (Å²) in [7, 11) is -1.92. The van der Waals surface area contributed by atoms with Gasteiger partial charge in [0.05, 0.1) is 26.4 Å². The Morgan fingerprint density at radius 1 is 1.25 bits per heavy atom. The third-order valence-electron chi connectivity index (χ3n) is 3.84. The first-order valence-corrected chi connectivity index (χ1v) is 9.63. The molecule has 1 fully saturated rings. The summed E-state index contributed by atoms with van der Waals surface area (Å²) in [6.45, 7) is 6.63. The minimum atomic E-state index is -3.54. The summed E-state index contributed by atoms with van der Waals surface area (Å²) >= 11 is 0. The monoisotopic (exact) mass is 357 g/mol. The molecular weight excluding hydrogens is 330 g/mol. The summed E-state index contributed by atoms with van der Waals surface area (Å²) in [4.78, 5) is 2.22. The lowest BCUT2D eigenvalue weighted by Gasteiger charge is -2.35. The molecule has 1 atom stereocenters. The van der Waals surface area contributed by atoms with Crippen molar-refractivity contribution >= 4 is 10.2 Å². The fraction of sp³-hybridized carbons (Fsp3) is 0.625. The summed E-state index contributed by atoms with van der Waals surface area (Å²) in [6.07, 6.45) is 0. The average Bonchev–Trinajstić information content (AvgIpc) is 2.55. The Morgan fingerprint density at radius 2 is 1.92 bits per heavy atom. The molecule has 1 aliphatic rings. The summed E-state index contributed by atoms with van der Waals surface area (Å²) in [5.74, 6) is 0.755. The van der Waals surface area contributed by atoms with Crippen molar-refractivity contribution in [1.29, 1.82) is 0 Å². The fourth-order valence-electron chi connectivity index (χ4n) is 2.81. The second kappa shape index (κ2) is 8.77. The minimum Gasteiger partial charge on any atom is -0.496 e. The fourth-order valence-corrected chi connectivity index (χ4v) is 3.89. The van der Waals surface area contributed by atoms with E-state index in [1.807, 2.05) is 24.3 Å². The van der Waals surface area contributed by atoms with Crippen LogP contribution in [0.5, 0.6) is 5.75 Å². The third-order valence-corrected chi connectivity index (χ3v) is 5.17. The molecule has 2 N–H and O–H groups in total. The van der Waals surface area contributed by atoms with Crippen LogP contribution in [0.2, 0.25) is 0 Å². The Bertz CT molecular complexity index is 616. The molecule has 0 radical (unpaired) electrons. The van der Waals surface area contributed by atoms with Gasteiger partial charge in [0.2, 0.25) is 0 Å². The number of ether oxygens (including phenoxy) is 2. The van der Waals surface area contributed by atoms with Gasteiger partial charge in [-0.15, -0.1) is 0 Å². The summed E-state index contributed by atoms with van der Waals surface area (Å²) in [5.41, 5.74) is 0.967. The second-order valence-electron chi connectivity index (χ2n) is 6.03.